The first-order chi connectivity index (χ1) is 11.0. The van der Waals surface area contributed by atoms with Crippen LogP contribution in [0.25, 0.3) is 0 Å². The summed E-state index contributed by atoms with van der Waals surface area (Å²) >= 11 is 0. The second-order valence-corrected chi connectivity index (χ2v) is 8.52. The van der Waals surface area contributed by atoms with Gasteiger partial charge >= 0.3 is 0 Å². The summed E-state index contributed by atoms with van der Waals surface area (Å²) in [6, 6.07) is 6.60. The van der Waals surface area contributed by atoms with Crippen LogP contribution in [0.5, 0.6) is 0 Å². The van der Waals surface area contributed by atoms with E-state index in [2.05, 4.69) is 9.80 Å². The molecule has 5 nitrogen and oxygen atoms in total. The smallest absolute Gasteiger partial charge is 0.151 e. The molecule has 2 saturated heterocycles. The van der Waals surface area contributed by atoms with Crippen molar-refractivity contribution in [3.8, 4) is 6.07 Å². The van der Waals surface area contributed by atoms with Gasteiger partial charge in [0.05, 0.1) is 23.1 Å². The number of nitrogens with zero attached hydrogens (tertiary/aromatic N) is 3. The monoisotopic (exact) mass is 337 g/mol. The Morgan fingerprint density at radius 1 is 1.26 bits per heavy atom. The first-order valence-corrected chi connectivity index (χ1v) is 9.64. The molecule has 2 aliphatic heterocycles. The third kappa shape index (κ3) is 3.89. The molecule has 0 unspecified atom stereocenters. The predicted molar refractivity (Wildman–Crippen MR) is 85.0 cm³/mol. The number of rotatable bonds is 3. The molecule has 0 aliphatic carbocycles. The highest BCUT2D eigenvalue weighted by atomic mass is 32.2. The van der Waals surface area contributed by atoms with Crippen LogP contribution in [0.1, 0.15) is 17.5 Å². The summed E-state index contributed by atoms with van der Waals surface area (Å²) in [5, 5.41) is 8.92. The normalized spacial score (nSPS) is 25.3. The van der Waals surface area contributed by atoms with Crippen LogP contribution < -0.4 is 0 Å². The minimum atomic E-state index is -2.86. The van der Waals surface area contributed by atoms with E-state index in [-0.39, 0.29) is 17.6 Å². The van der Waals surface area contributed by atoms with Gasteiger partial charge in [0.1, 0.15) is 5.82 Å². The third-order valence-electron chi connectivity index (χ3n) is 4.70. The Bertz CT molecular complexity index is 721. The maximum absolute atomic E-state index is 13.9. The van der Waals surface area contributed by atoms with Gasteiger partial charge < -0.3 is 0 Å². The summed E-state index contributed by atoms with van der Waals surface area (Å²) in [5.74, 6) is 0.281. The van der Waals surface area contributed by atoms with Crippen LogP contribution in [-0.4, -0.2) is 61.9 Å². The molecule has 0 bridgehead atoms. The molecular weight excluding hydrogens is 317 g/mol. The van der Waals surface area contributed by atoms with Crippen molar-refractivity contribution in [2.75, 3.05) is 37.7 Å². The van der Waals surface area contributed by atoms with Gasteiger partial charge in [0.25, 0.3) is 0 Å². The number of piperazine rings is 1. The molecule has 0 radical (unpaired) electrons. The molecule has 1 aromatic rings. The van der Waals surface area contributed by atoms with Gasteiger partial charge in [-0.15, -0.1) is 0 Å². The lowest BCUT2D eigenvalue weighted by Crippen LogP contribution is -2.50. The zero-order chi connectivity index (χ0) is 16.4. The van der Waals surface area contributed by atoms with E-state index < -0.39 is 9.84 Å². The predicted octanol–water partition coefficient (Wildman–Crippen LogP) is 1.00. The van der Waals surface area contributed by atoms with Crippen molar-refractivity contribution in [1.29, 1.82) is 5.26 Å². The van der Waals surface area contributed by atoms with Crippen LogP contribution in [0.2, 0.25) is 0 Å². The second kappa shape index (κ2) is 6.56. The Morgan fingerprint density at radius 3 is 2.61 bits per heavy atom. The SMILES string of the molecule is N#Cc1ccc(F)c(CN2CCN([C@H]3CCS(=O)(=O)C3)CC2)c1. The summed E-state index contributed by atoms with van der Waals surface area (Å²) in [7, 11) is -2.86. The molecule has 7 heteroatoms. The van der Waals surface area contributed by atoms with Gasteiger partial charge in [0, 0.05) is 44.3 Å². The summed E-state index contributed by atoms with van der Waals surface area (Å²) in [4.78, 5) is 4.39. The quantitative estimate of drug-likeness (QED) is 0.823. The second-order valence-electron chi connectivity index (χ2n) is 6.29. The Hall–Kier alpha value is -1.49. The number of sulfone groups is 1. The Balaban J connectivity index is 1.57. The van der Waals surface area contributed by atoms with E-state index >= 15 is 0 Å². The lowest BCUT2D eigenvalue weighted by atomic mass is 10.1. The van der Waals surface area contributed by atoms with Gasteiger partial charge in [-0.2, -0.15) is 5.26 Å². The average Bonchev–Trinajstić information content (AvgIpc) is 2.90. The highest BCUT2D eigenvalue weighted by Crippen LogP contribution is 2.20. The van der Waals surface area contributed by atoms with Crippen LogP contribution >= 0.6 is 0 Å². The molecule has 1 aromatic carbocycles. The van der Waals surface area contributed by atoms with Gasteiger partial charge in [-0.1, -0.05) is 0 Å². The Labute approximate surface area is 136 Å². The summed E-state index contributed by atoms with van der Waals surface area (Å²) in [5.41, 5.74) is 1.01. The fourth-order valence-electron chi connectivity index (χ4n) is 3.36. The number of nitriles is 1. The molecule has 0 saturated carbocycles. The lowest BCUT2D eigenvalue weighted by Gasteiger charge is -2.37. The molecule has 2 heterocycles. The number of hydrogen-bond donors (Lipinski definition) is 0. The summed E-state index contributed by atoms with van der Waals surface area (Å²) in [6.07, 6.45) is 0.723. The van der Waals surface area contributed by atoms with Crippen LogP contribution in [-0.2, 0) is 16.4 Å². The Morgan fingerprint density at radius 2 is 2.00 bits per heavy atom. The van der Waals surface area contributed by atoms with E-state index in [4.69, 9.17) is 5.26 Å². The van der Waals surface area contributed by atoms with Crippen molar-refractivity contribution in [3.63, 3.8) is 0 Å². The zero-order valence-corrected chi connectivity index (χ0v) is 13.7. The van der Waals surface area contributed by atoms with E-state index in [9.17, 15) is 12.8 Å². The van der Waals surface area contributed by atoms with E-state index in [0.29, 0.717) is 23.4 Å². The van der Waals surface area contributed by atoms with Crippen molar-refractivity contribution in [3.05, 3.63) is 35.1 Å². The molecule has 0 aromatic heterocycles. The first kappa shape index (κ1) is 16.4. The van der Waals surface area contributed by atoms with Crippen LogP contribution in [0.3, 0.4) is 0 Å². The van der Waals surface area contributed by atoms with Crippen molar-refractivity contribution in [2.24, 2.45) is 0 Å². The van der Waals surface area contributed by atoms with Crippen molar-refractivity contribution in [2.45, 2.75) is 19.0 Å². The zero-order valence-electron chi connectivity index (χ0n) is 12.9. The fraction of sp³-hybridized carbons (Fsp3) is 0.562. The number of halogens is 1. The molecular formula is C16H20FN3O2S. The molecule has 2 aliphatic rings. The molecule has 3 rings (SSSR count). The van der Waals surface area contributed by atoms with Gasteiger partial charge in [-0.05, 0) is 24.6 Å². The van der Waals surface area contributed by atoms with E-state index in [1.807, 2.05) is 6.07 Å². The lowest BCUT2D eigenvalue weighted by molar-refractivity contribution is 0.0993. The van der Waals surface area contributed by atoms with Gasteiger partial charge in [0.2, 0.25) is 0 Å². The maximum atomic E-state index is 13.9. The number of hydrogen-bond acceptors (Lipinski definition) is 5. The van der Waals surface area contributed by atoms with Crippen LogP contribution in [0, 0.1) is 17.1 Å². The molecule has 124 valence electrons. The molecule has 0 amide bonds. The minimum Gasteiger partial charge on any atom is -0.297 e. The highest BCUT2D eigenvalue weighted by Gasteiger charge is 2.33. The van der Waals surface area contributed by atoms with Crippen LogP contribution in [0.15, 0.2) is 18.2 Å². The average molecular weight is 337 g/mol. The Kier molecular flexibility index (Phi) is 4.67. The van der Waals surface area contributed by atoms with Gasteiger partial charge in [-0.3, -0.25) is 9.80 Å². The summed E-state index contributed by atoms with van der Waals surface area (Å²) in [6.45, 7) is 3.66. The minimum absolute atomic E-state index is 0.140. The summed E-state index contributed by atoms with van der Waals surface area (Å²) < 4.78 is 37.0. The molecule has 0 spiro atoms. The van der Waals surface area contributed by atoms with E-state index in [1.165, 1.54) is 12.1 Å². The molecule has 1 atom stereocenters. The molecule has 2 fully saturated rings. The van der Waals surface area contributed by atoms with Gasteiger partial charge in [-0.25, -0.2) is 12.8 Å². The van der Waals surface area contributed by atoms with Crippen molar-refractivity contribution in [1.82, 2.24) is 9.80 Å². The highest BCUT2D eigenvalue weighted by molar-refractivity contribution is 7.91. The molecule has 23 heavy (non-hydrogen) atoms. The largest absolute Gasteiger partial charge is 0.297 e. The maximum Gasteiger partial charge on any atom is 0.151 e. The third-order valence-corrected chi connectivity index (χ3v) is 6.45. The fourth-order valence-corrected chi connectivity index (χ4v) is 5.12. The molecule has 0 N–H and O–H groups in total. The van der Waals surface area contributed by atoms with E-state index in [1.54, 1.807) is 6.07 Å². The standard InChI is InChI=1S/C16H20FN3O2S/c17-16-2-1-13(10-18)9-14(16)11-19-4-6-20(7-5-19)15-3-8-23(21,22)12-15/h1-2,9,15H,3-8,11-12H2/t15-/m0/s1. The number of benzene rings is 1. The van der Waals surface area contributed by atoms with Crippen molar-refractivity contribution >= 4 is 9.84 Å². The first-order valence-electron chi connectivity index (χ1n) is 7.82. The van der Waals surface area contributed by atoms with Crippen molar-refractivity contribution < 1.29 is 12.8 Å². The van der Waals surface area contributed by atoms with E-state index in [0.717, 1.165) is 32.6 Å². The topological polar surface area (TPSA) is 64.4 Å². The van der Waals surface area contributed by atoms with Gasteiger partial charge in [0.15, 0.2) is 9.84 Å². The van der Waals surface area contributed by atoms with Crippen LogP contribution in [0.4, 0.5) is 4.39 Å².